The van der Waals surface area contributed by atoms with Crippen LogP contribution in [0.25, 0.3) is 0 Å². The van der Waals surface area contributed by atoms with Crippen LogP contribution >= 0.6 is 35.1 Å². The molecule has 7 heteroatoms. The predicted molar refractivity (Wildman–Crippen MR) is 128 cm³/mol. The summed E-state index contributed by atoms with van der Waals surface area (Å²) in [7, 11) is 1.97. The number of hydrogen-bond acceptors (Lipinski definition) is 5. The summed E-state index contributed by atoms with van der Waals surface area (Å²) < 4.78 is 4.49. The van der Waals surface area contributed by atoms with Gasteiger partial charge in [-0.25, -0.2) is 0 Å². The van der Waals surface area contributed by atoms with Crippen molar-refractivity contribution in [1.29, 1.82) is 5.26 Å². The molecule has 0 aliphatic carbocycles. The Labute approximate surface area is 187 Å². The maximum atomic E-state index is 9.26. The molecule has 1 atom stereocenters. The molecule has 0 spiro atoms. The highest BCUT2D eigenvalue weighted by atomic mass is 127. The molecule has 1 heterocycles. The van der Waals surface area contributed by atoms with E-state index in [0.29, 0.717) is 12.0 Å². The first-order chi connectivity index (χ1) is 13.4. The summed E-state index contributed by atoms with van der Waals surface area (Å²) in [4.78, 5) is 5.15. The Morgan fingerprint density at radius 3 is 2.79 bits per heavy atom. The quantitative estimate of drug-likeness (QED) is 0.279. The highest BCUT2D eigenvalue weighted by molar-refractivity contribution is 14.1. The number of aryl methyl sites for hydroxylation is 1. The number of nitrogens with zero attached hydrogens (tertiary/aromatic N) is 4. The Hall–Kier alpha value is -1.50. The zero-order valence-corrected chi connectivity index (χ0v) is 19.8. The van der Waals surface area contributed by atoms with Crippen molar-refractivity contribution in [2.75, 3.05) is 20.1 Å². The highest BCUT2D eigenvalue weighted by Crippen LogP contribution is 2.20. The van der Waals surface area contributed by atoms with Gasteiger partial charge in [0.1, 0.15) is 5.84 Å². The second kappa shape index (κ2) is 10.9. The molecule has 1 aromatic rings. The Balaban J connectivity index is 2.09. The number of nitriles is 1. The fraction of sp³-hybridized carbons (Fsp3) is 0.476. The van der Waals surface area contributed by atoms with E-state index < -0.39 is 0 Å². The smallest absolute Gasteiger partial charge is 0.144 e. The van der Waals surface area contributed by atoms with E-state index in [9.17, 15) is 5.26 Å². The van der Waals surface area contributed by atoms with Gasteiger partial charge in [-0.3, -0.25) is 0 Å². The normalized spacial score (nSPS) is 18.4. The molecule has 5 nitrogen and oxygen atoms in total. The number of thiocarbonyl (C=S) groups is 1. The molecule has 0 radical (unpaired) electrons. The number of nitrogens with two attached hydrogens (primary N) is 1. The largest absolute Gasteiger partial charge is 0.373 e. The Morgan fingerprint density at radius 2 is 2.14 bits per heavy atom. The number of likely N-dealkylation sites (tertiary alicyclic amines) is 1. The molecule has 150 valence electrons. The molecule has 0 unspecified atom stereocenters. The first-order valence-corrected chi connectivity index (χ1v) is 10.9. The molecule has 0 bridgehead atoms. The van der Waals surface area contributed by atoms with Gasteiger partial charge < -0.3 is 15.5 Å². The van der Waals surface area contributed by atoms with Gasteiger partial charge in [0, 0.05) is 43.9 Å². The van der Waals surface area contributed by atoms with Crippen molar-refractivity contribution in [3.05, 3.63) is 46.7 Å². The van der Waals surface area contributed by atoms with Crippen LogP contribution < -0.4 is 5.73 Å². The minimum atomic E-state index is 0.232. The third-order valence-corrected chi connectivity index (χ3v) is 6.26. The van der Waals surface area contributed by atoms with E-state index in [2.05, 4.69) is 28.0 Å². The first kappa shape index (κ1) is 22.8. The number of piperidine rings is 1. The molecule has 2 N–H and O–H groups in total. The fourth-order valence-electron chi connectivity index (χ4n) is 3.46. The van der Waals surface area contributed by atoms with Crippen LogP contribution in [0.15, 0.2) is 38.7 Å². The van der Waals surface area contributed by atoms with Crippen LogP contribution in [0.5, 0.6) is 0 Å². The van der Waals surface area contributed by atoms with Gasteiger partial charge in [0.15, 0.2) is 0 Å². The van der Waals surface area contributed by atoms with Crippen LogP contribution in [-0.2, 0) is 6.42 Å². The monoisotopic (exact) mass is 509 g/mol. The molecule has 1 aliphatic heterocycles. The molecular formula is C21H28IN5S. The van der Waals surface area contributed by atoms with Crippen molar-refractivity contribution in [3.8, 4) is 6.07 Å². The van der Waals surface area contributed by atoms with Crippen molar-refractivity contribution < 1.29 is 0 Å². The Morgan fingerprint density at radius 1 is 1.43 bits per heavy atom. The molecule has 0 aromatic heterocycles. The van der Waals surface area contributed by atoms with Crippen molar-refractivity contribution in [1.82, 2.24) is 9.80 Å². The van der Waals surface area contributed by atoms with Crippen molar-refractivity contribution in [2.45, 2.75) is 45.6 Å². The summed E-state index contributed by atoms with van der Waals surface area (Å²) in [5.41, 5.74) is 10.2. The molecule has 0 amide bonds. The number of rotatable bonds is 5. The summed E-state index contributed by atoms with van der Waals surface area (Å²) in [5, 5.41) is 9.26. The van der Waals surface area contributed by atoms with Crippen molar-refractivity contribution in [3.63, 3.8) is 0 Å². The summed E-state index contributed by atoms with van der Waals surface area (Å²) in [6.45, 7) is 6.15. The zero-order valence-electron chi connectivity index (χ0n) is 16.8. The lowest BCUT2D eigenvalue weighted by Gasteiger charge is -2.35. The van der Waals surface area contributed by atoms with Gasteiger partial charge in [0.2, 0.25) is 0 Å². The number of likely N-dealkylation sites (N-methyl/N-ethyl adjacent to an activating group) is 1. The van der Waals surface area contributed by atoms with Crippen LogP contribution in [0.1, 0.15) is 44.2 Å². The van der Waals surface area contributed by atoms with Gasteiger partial charge in [0.05, 0.1) is 39.5 Å². The molecule has 28 heavy (non-hydrogen) atoms. The van der Waals surface area contributed by atoms with Gasteiger partial charge in [-0.15, -0.1) is 0 Å². The first-order valence-electron chi connectivity index (χ1n) is 9.51. The lowest BCUT2D eigenvalue weighted by molar-refractivity contribution is 0.259. The van der Waals surface area contributed by atoms with E-state index in [1.807, 2.05) is 59.1 Å². The Kier molecular flexibility index (Phi) is 8.86. The average molecular weight is 509 g/mol. The van der Waals surface area contributed by atoms with Crippen LogP contribution in [-0.4, -0.2) is 46.8 Å². The number of hydrogen-bond donors (Lipinski definition) is 1. The fourth-order valence-corrected chi connectivity index (χ4v) is 4.33. The maximum absolute atomic E-state index is 9.26. The molecule has 0 saturated carbocycles. The lowest BCUT2D eigenvalue weighted by atomic mass is 10.0. The molecule has 1 aromatic carbocycles. The minimum absolute atomic E-state index is 0.232. The van der Waals surface area contributed by atoms with Crippen LogP contribution in [0, 0.1) is 11.3 Å². The number of amidine groups is 1. The summed E-state index contributed by atoms with van der Waals surface area (Å²) in [5.74, 6) is 0.871. The second-order valence-electron chi connectivity index (χ2n) is 7.19. The van der Waals surface area contributed by atoms with Gasteiger partial charge >= 0.3 is 0 Å². The minimum Gasteiger partial charge on any atom is -0.373 e. The number of halogens is 1. The van der Waals surface area contributed by atoms with Crippen molar-refractivity contribution >= 4 is 45.9 Å². The van der Waals surface area contributed by atoms with E-state index in [1.54, 1.807) is 0 Å². The predicted octanol–water partition coefficient (Wildman–Crippen LogP) is 4.22. The molecule has 1 aliphatic rings. The van der Waals surface area contributed by atoms with Gasteiger partial charge in [-0.05, 0) is 44.7 Å². The SMILES string of the molecule is CC(/C(=N\I)N(C)C(=S)CCc1ccccc1C#N)=C(/C)N1CCC[C@@H](N)C1. The molecule has 2 rings (SSSR count). The van der Waals surface area contributed by atoms with Crippen LogP contribution in [0.2, 0.25) is 0 Å². The Bertz CT molecular complexity index is 811. The lowest BCUT2D eigenvalue weighted by Crippen LogP contribution is -2.43. The third kappa shape index (κ3) is 5.75. The van der Waals surface area contributed by atoms with Gasteiger partial charge in [-0.1, -0.05) is 30.4 Å². The van der Waals surface area contributed by atoms with E-state index in [4.69, 9.17) is 18.0 Å². The zero-order chi connectivity index (χ0) is 20.7. The van der Waals surface area contributed by atoms with E-state index in [1.165, 1.54) is 5.70 Å². The average Bonchev–Trinajstić information content (AvgIpc) is 2.71. The van der Waals surface area contributed by atoms with Gasteiger partial charge in [0.25, 0.3) is 0 Å². The number of allylic oxidation sites excluding steroid dienone is 1. The maximum Gasteiger partial charge on any atom is 0.144 e. The third-order valence-electron chi connectivity index (χ3n) is 5.33. The molecule has 1 fully saturated rings. The van der Waals surface area contributed by atoms with E-state index >= 15 is 0 Å². The molecular weight excluding hydrogens is 481 g/mol. The van der Waals surface area contributed by atoms with Gasteiger partial charge in [-0.2, -0.15) is 8.47 Å². The molecule has 1 saturated heterocycles. The summed E-state index contributed by atoms with van der Waals surface area (Å²) >= 11 is 7.72. The standard InChI is InChI=1S/C21H28IN5S/c1-15(16(2)27-12-6-9-19(24)14-27)21(25-22)26(3)20(28)11-10-17-7-4-5-8-18(17)13-23/h4-5,7-8,19H,6,9-12,14,24H2,1-3H3/b16-15+,25-21+/t19-/m1/s1. The highest BCUT2D eigenvalue weighted by Gasteiger charge is 2.21. The van der Waals surface area contributed by atoms with Crippen LogP contribution in [0.4, 0.5) is 0 Å². The van der Waals surface area contributed by atoms with E-state index in [0.717, 1.165) is 54.3 Å². The number of benzene rings is 1. The topological polar surface area (TPSA) is 68.7 Å². The summed E-state index contributed by atoms with van der Waals surface area (Å²) in [6, 6.07) is 10.2. The van der Waals surface area contributed by atoms with Crippen LogP contribution in [0.3, 0.4) is 0 Å². The summed E-state index contributed by atoms with van der Waals surface area (Å²) in [6.07, 6.45) is 3.64. The van der Waals surface area contributed by atoms with E-state index in [-0.39, 0.29) is 6.04 Å². The van der Waals surface area contributed by atoms with Crippen molar-refractivity contribution in [2.24, 2.45) is 8.94 Å². The second-order valence-corrected chi connectivity index (χ2v) is 8.14.